The third-order valence-corrected chi connectivity index (χ3v) is 12.3. The Bertz CT molecular complexity index is 2900. The number of benzene rings is 6. The summed E-state index contributed by atoms with van der Waals surface area (Å²) in [4.78, 5) is 14.8. The largest absolute Gasteiger partial charge is 0.295 e. The normalized spacial score (nSPS) is 14.1. The van der Waals surface area contributed by atoms with Gasteiger partial charge < -0.3 is 0 Å². The van der Waals surface area contributed by atoms with Crippen molar-refractivity contribution < 1.29 is 4.79 Å². The van der Waals surface area contributed by atoms with Gasteiger partial charge in [0.2, 0.25) is 6.71 Å². The zero-order valence-corrected chi connectivity index (χ0v) is 30.3. The molecule has 0 N–H and O–H groups in total. The smallest absolute Gasteiger partial charge is 0.250 e. The van der Waals surface area contributed by atoms with Gasteiger partial charge in [-0.3, -0.25) is 13.8 Å². The third kappa shape index (κ3) is 3.40. The average Bonchev–Trinajstić information content (AvgIpc) is 3.64. The molecule has 0 spiro atoms. The minimum absolute atomic E-state index is 0.0181. The summed E-state index contributed by atoms with van der Waals surface area (Å²) in [6, 6.07) is 36.0. The fourth-order valence-electron chi connectivity index (χ4n) is 10.4. The van der Waals surface area contributed by atoms with Crippen molar-refractivity contribution in [3.63, 3.8) is 0 Å². The number of ketones is 1. The number of nitrogens with zero attached hydrogens (tertiary/aromatic N) is 2. The zero-order chi connectivity index (χ0) is 34.8. The highest BCUT2D eigenvalue weighted by molar-refractivity contribution is 7.03. The summed E-state index contributed by atoms with van der Waals surface area (Å²) < 4.78 is 5.00. The number of aromatic nitrogens is 2. The van der Waals surface area contributed by atoms with Crippen LogP contribution in [0.5, 0.6) is 0 Å². The molecule has 0 amide bonds. The molecule has 0 saturated carbocycles. The highest BCUT2D eigenvalue weighted by Crippen LogP contribution is 2.47. The lowest BCUT2D eigenvalue weighted by atomic mass is 9.29. The number of para-hydroxylation sites is 1. The molecular formula is C47H39BN2O. The fraction of sp³-hybridized carbons (Fsp3) is 0.213. The molecule has 0 atom stereocenters. The quantitative estimate of drug-likeness (QED) is 0.174. The van der Waals surface area contributed by atoms with Crippen LogP contribution in [0.25, 0.3) is 66.3 Å². The first-order valence-electron chi connectivity index (χ1n) is 18.6. The maximum absolute atomic E-state index is 14.8. The Kier molecular flexibility index (Phi) is 5.47. The molecule has 0 fully saturated rings. The molecule has 3 aliphatic rings. The van der Waals surface area contributed by atoms with Gasteiger partial charge in [0.25, 0.3) is 0 Å². The van der Waals surface area contributed by atoms with E-state index in [-0.39, 0.29) is 17.9 Å². The van der Waals surface area contributed by atoms with Crippen LogP contribution in [-0.2, 0) is 5.41 Å². The number of imidazole rings is 1. The van der Waals surface area contributed by atoms with Crippen LogP contribution < -0.4 is 16.4 Å². The van der Waals surface area contributed by atoms with Crippen LogP contribution in [0, 0.1) is 0 Å². The van der Waals surface area contributed by atoms with Gasteiger partial charge in [-0.05, 0) is 102 Å². The summed E-state index contributed by atoms with van der Waals surface area (Å²) in [7, 11) is 0. The van der Waals surface area contributed by atoms with E-state index in [1.165, 1.54) is 99.4 Å². The van der Waals surface area contributed by atoms with E-state index in [0.717, 1.165) is 11.1 Å². The van der Waals surface area contributed by atoms with E-state index in [0.29, 0.717) is 11.8 Å². The van der Waals surface area contributed by atoms with Gasteiger partial charge in [-0.25, -0.2) is 0 Å². The van der Waals surface area contributed by atoms with Crippen LogP contribution in [0.1, 0.15) is 92.9 Å². The minimum Gasteiger partial charge on any atom is -0.295 e. The number of hydrogen-bond acceptors (Lipinski definition) is 1. The molecule has 2 aromatic heterocycles. The van der Waals surface area contributed by atoms with Gasteiger partial charge in [0.05, 0.1) is 16.6 Å². The molecule has 0 bridgehead atoms. The first kappa shape index (κ1) is 29.4. The van der Waals surface area contributed by atoms with E-state index in [2.05, 4.69) is 154 Å². The molecule has 51 heavy (non-hydrogen) atoms. The van der Waals surface area contributed by atoms with Crippen molar-refractivity contribution in [1.82, 2.24) is 8.97 Å². The van der Waals surface area contributed by atoms with E-state index in [4.69, 9.17) is 0 Å². The molecule has 246 valence electrons. The Morgan fingerprint density at radius 1 is 0.588 bits per heavy atom. The molecule has 0 aliphatic carbocycles. The maximum atomic E-state index is 14.8. The third-order valence-electron chi connectivity index (χ3n) is 12.3. The predicted octanol–water partition coefficient (Wildman–Crippen LogP) is 9.76. The molecule has 6 aromatic carbocycles. The zero-order valence-electron chi connectivity index (χ0n) is 30.3. The Morgan fingerprint density at radius 3 is 2.00 bits per heavy atom. The van der Waals surface area contributed by atoms with Crippen molar-refractivity contribution >= 4 is 67.2 Å². The second-order valence-corrected chi connectivity index (χ2v) is 16.8. The summed E-state index contributed by atoms with van der Waals surface area (Å²) in [5.41, 5.74) is 20.5. The monoisotopic (exact) mass is 658 g/mol. The van der Waals surface area contributed by atoms with Gasteiger partial charge in [-0.1, -0.05) is 121 Å². The van der Waals surface area contributed by atoms with E-state index in [1.54, 1.807) is 0 Å². The molecule has 0 radical (unpaired) electrons. The fourth-order valence-corrected chi connectivity index (χ4v) is 10.4. The van der Waals surface area contributed by atoms with Crippen molar-refractivity contribution in [3.8, 4) is 27.9 Å². The maximum Gasteiger partial charge on any atom is 0.250 e. The van der Waals surface area contributed by atoms with Gasteiger partial charge in [-0.2, -0.15) is 0 Å². The first-order chi connectivity index (χ1) is 24.6. The van der Waals surface area contributed by atoms with Gasteiger partial charge in [0.1, 0.15) is 5.65 Å². The van der Waals surface area contributed by atoms with Crippen molar-refractivity contribution in [2.24, 2.45) is 0 Å². The second kappa shape index (κ2) is 9.50. The van der Waals surface area contributed by atoms with Gasteiger partial charge in [0, 0.05) is 27.8 Å². The highest BCUT2D eigenvalue weighted by Gasteiger charge is 2.47. The lowest BCUT2D eigenvalue weighted by molar-refractivity contribution is 0.104. The Labute approximate surface area is 298 Å². The minimum atomic E-state index is -0.104. The van der Waals surface area contributed by atoms with Crippen molar-refractivity contribution in [2.45, 2.75) is 65.7 Å². The van der Waals surface area contributed by atoms with E-state index < -0.39 is 0 Å². The van der Waals surface area contributed by atoms with Gasteiger partial charge in [-0.15, -0.1) is 0 Å². The van der Waals surface area contributed by atoms with E-state index in [1.807, 2.05) is 0 Å². The summed E-state index contributed by atoms with van der Waals surface area (Å²) >= 11 is 0. The first-order valence-corrected chi connectivity index (χ1v) is 18.6. The van der Waals surface area contributed by atoms with E-state index in [9.17, 15) is 4.79 Å². The topological polar surface area (TPSA) is 26.4 Å². The molecule has 11 rings (SSSR count). The van der Waals surface area contributed by atoms with Crippen molar-refractivity contribution in [1.29, 1.82) is 0 Å². The predicted molar refractivity (Wildman–Crippen MR) is 215 cm³/mol. The standard InChI is InChI=1S/C47H39BN2O/c1-24(2)26-13-10-14-27(25(3)4)38(26)28-18-19-30-31-15-11-17-36-41(31)48-42-33(21-20-29(28)39(30)42)45(51)34-22-23-37-44(43(34)48)50(36)46-40(47(5,6)7)32-12-8-9-16-35(32)49(37)46/h8-25H,1-7H3. The summed E-state index contributed by atoms with van der Waals surface area (Å²) in [5.74, 6) is 0.909. The van der Waals surface area contributed by atoms with Crippen LogP contribution in [0.4, 0.5) is 0 Å². The molecule has 5 heterocycles. The Morgan fingerprint density at radius 2 is 1.25 bits per heavy atom. The summed E-state index contributed by atoms with van der Waals surface area (Å²) in [6.45, 7) is 16.2. The van der Waals surface area contributed by atoms with Crippen molar-refractivity contribution in [2.75, 3.05) is 0 Å². The van der Waals surface area contributed by atoms with Crippen LogP contribution in [-0.4, -0.2) is 21.5 Å². The summed E-state index contributed by atoms with van der Waals surface area (Å²) in [6.07, 6.45) is 0. The van der Waals surface area contributed by atoms with Crippen LogP contribution in [0.2, 0.25) is 0 Å². The number of fused-ring (bicyclic) bond motifs is 7. The second-order valence-electron chi connectivity index (χ2n) is 16.8. The van der Waals surface area contributed by atoms with E-state index >= 15 is 0 Å². The molecule has 4 heteroatoms. The van der Waals surface area contributed by atoms with Crippen molar-refractivity contribution in [3.05, 3.63) is 125 Å². The van der Waals surface area contributed by atoms with Crippen LogP contribution in [0.15, 0.2) is 97.1 Å². The summed E-state index contributed by atoms with van der Waals surface area (Å²) in [5, 5.41) is 3.78. The van der Waals surface area contributed by atoms with Gasteiger partial charge in [0.15, 0.2) is 5.78 Å². The Hall–Kier alpha value is -5.35. The number of carbonyl (C=O) groups is 1. The molecule has 0 unspecified atom stereocenters. The molecular weight excluding hydrogens is 619 g/mol. The van der Waals surface area contributed by atoms with Gasteiger partial charge >= 0.3 is 0 Å². The number of carbonyl (C=O) groups excluding carboxylic acids is 1. The SMILES string of the molecule is CC(C)c1cccc(C(C)C)c1-c1ccc2c3c4c(ccc13)C(=O)c1ccc3c5c1B4c1c-2cccc1-n5c1c(C(C)(C)C)c2ccccc2n31. The lowest BCUT2D eigenvalue weighted by Crippen LogP contribution is -2.63. The number of hydrogen-bond donors (Lipinski definition) is 0. The highest BCUT2D eigenvalue weighted by atomic mass is 16.1. The van der Waals surface area contributed by atoms with Crippen LogP contribution in [0.3, 0.4) is 0 Å². The Balaban J connectivity index is 1.33. The molecule has 0 saturated heterocycles. The molecule has 8 aromatic rings. The number of rotatable bonds is 3. The van der Waals surface area contributed by atoms with Crippen LogP contribution >= 0.6 is 0 Å². The molecule has 3 nitrogen and oxygen atoms in total. The molecule has 3 aliphatic heterocycles. The average molecular weight is 659 g/mol. The lowest BCUT2D eigenvalue weighted by Gasteiger charge is -2.38.